The van der Waals surface area contributed by atoms with E-state index in [2.05, 4.69) is 42.9 Å². The van der Waals surface area contributed by atoms with E-state index in [9.17, 15) is 0 Å². The van der Waals surface area contributed by atoms with E-state index in [1.165, 1.54) is 5.56 Å². The van der Waals surface area contributed by atoms with E-state index in [1.807, 2.05) is 18.5 Å². The third kappa shape index (κ3) is 3.78. The zero-order valence-electron chi connectivity index (χ0n) is 10.3. The molecule has 1 N–H and O–H groups in total. The van der Waals surface area contributed by atoms with Gasteiger partial charge in [-0.05, 0) is 37.0 Å². The SMILES string of the molecule is C=CCC(NC(CC)CC)c1ccncc1. The summed E-state index contributed by atoms with van der Waals surface area (Å²) in [5.74, 6) is 0. The molecule has 1 atom stereocenters. The predicted octanol–water partition coefficient (Wildman–Crippen LogP) is 3.48. The van der Waals surface area contributed by atoms with Crippen molar-refractivity contribution in [1.29, 1.82) is 0 Å². The molecule has 1 rings (SSSR count). The van der Waals surface area contributed by atoms with Gasteiger partial charge in [-0.25, -0.2) is 0 Å². The van der Waals surface area contributed by atoms with Crippen molar-refractivity contribution < 1.29 is 0 Å². The predicted molar refractivity (Wildman–Crippen MR) is 69.3 cm³/mol. The highest BCUT2D eigenvalue weighted by atomic mass is 14.9. The lowest BCUT2D eigenvalue weighted by atomic mass is 10.0. The summed E-state index contributed by atoms with van der Waals surface area (Å²) in [5.41, 5.74) is 1.29. The monoisotopic (exact) mass is 218 g/mol. The fourth-order valence-corrected chi connectivity index (χ4v) is 1.87. The number of hydrogen-bond acceptors (Lipinski definition) is 2. The zero-order chi connectivity index (χ0) is 11.8. The molecule has 16 heavy (non-hydrogen) atoms. The van der Waals surface area contributed by atoms with Crippen LogP contribution in [-0.2, 0) is 0 Å². The second kappa shape index (κ2) is 7.18. The fourth-order valence-electron chi connectivity index (χ4n) is 1.87. The minimum absolute atomic E-state index is 0.366. The highest BCUT2D eigenvalue weighted by molar-refractivity contribution is 5.16. The molecule has 1 unspecified atom stereocenters. The molecule has 1 aromatic rings. The Morgan fingerprint density at radius 2 is 1.94 bits per heavy atom. The molecule has 1 aromatic heterocycles. The number of nitrogens with one attached hydrogen (secondary N) is 1. The summed E-state index contributed by atoms with van der Waals surface area (Å²) in [4.78, 5) is 4.05. The molecule has 0 aliphatic heterocycles. The van der Waals surface area contributed by atoms with Gasteiger partial charge in [0.05, 0.1) is 0 Å². The number of aromatic nitrogens is 1. The highest BCUT2D eigenvalue weighted by Crippen LogP contribution is 2.18. The van der Waals surface area contributed by atoms with Crippen LogP contribution in [-0.4, -0.2) is 11.0 Å². The van der Waals surface area contributed by atoms with Gasteiger partial charge in [-0.3, -0.25) is 4.98 Å². The van der Waals surface area contributed by atoms with E-state index in [0.717, 1.165) is 19.3 Å². The maximum Gasteiger partial charge on any atom is 0.0358 e. The van der Waals surface area contributed by atoms with Gasteiger partial charge in [-0.1, -0.05) is 19.9 Å². The van der Waals surface area contributed by atoms with Crippen LogP contribution in [0, 0.1) is 0 Å². The Morgan fingerprint density at radius 3 is 2.44 bits per heavy atom. The third-order valence-electron chi connectivity index (χ3n) is 2.93. The molecule has 0 fully saturated rings. The van der Waals surface area contributed by atoms with Gasteiger partial charge in [-0.15, -0.1) is 6.58 Å². The summed E-state index contributed by atoms with van der Waals surface area (Å²) in [6, 6.07) is 5.09. The summed E-state index contributed by atoms with van der Waals surface area (Å²) < 4.78 is 0. The first-order valence-electron chi connectivity index (χ1n) is 6.08. The smallest absolute Gasteiger partial charge is 0.0358 e. The lowest BCUT2D eigenvalue weighted by molar-refractivity contribution is 0.416. The van der Waals surface area contributed by atoms with E-state index in [4.69, 9.17) is 0 Å². The lowest BCUT2D eigenvalue weighted by Gasteiger charge is -2.23. The van der Waals surface area contributed by atoms with Crippen LogP contribution in [0.1, 0.15) is 44.7 Å². The molecule has 0 radical (unpaired) electrons. The molecule has 0 aliphatic carbocycles. The van der Waals surface area contributed by atoms with Gasteiger partial charge in [0.25, 0.3) is 0 Å². The van der Waals surface area contributed by atoms with Crippen molar-refractivity contribution in [1.82, 2.24) is 10.3 Å². The van der Waals surface area contributed by atoms with Crippen molar-refractivity contribution in [3.63, 3.8) is 0 Å². The molecule has 0 amide bonds. The summed E-state index contributed by atoms with van der Waals surface area (Å²) >= 11 is 0. The fraction of sp³-hybridized carbons (Fsp3) is 0.500. The minimum atomic E-state index is 0.366. The molecule has 0 aliphatic rings. The highest BCUT2D eigenvalue weighted by Gasteiger charge is 2.13. The molecule has 0 saturated heterocycles. The molecular weight excluding hydrogens is 196 g/mol. The van der Waals surface area contributed by atoms with Crippen LogP contribution in [0.3, 0.4) is 0 Å². The van der Waals surface area contributed by atoms with Crippen LogP contribution >= 0.6 is 0 Å². The summed E-state index contributed by atoms with van der Waals surface area (Å²) in [5, 5.41) is 3.67. The minimum Gasteiger partial charge on any atom is -0.307 e. The van der Waals surface area contributed by atoms with E-state index < -0.39 is 0 Å². The van der Waals surface area contributed by atoms with Gasteiger partial charge in [0, 0.05) is 24.5 Å². The first-order chi connectivity index (χ1) is 7.81. The van der Waals surface area contributed by atoms with Crippen molar-refractivity contribution >= 4 is 0 Å². The Morgan fingerprint density at radius 1 is 1.31 bits per heavy atom. The summed E-state index contributed by atoms with van der Waals surface area (Å²) in [6.45, 7) is 8.27. The Labute approximate surface area is 98.8 Å². The van der Waals surface area contributed by atoms with E-state index >= 15 is 0 Å². The number of nitrogens with zero attached hydrogens (tertiary/aromatic N) is 1. The molecule has 0 aromatic carbocycles. The molecular formula is C14H22N2. The van der Waals surface area contributed by atoms with E-state index in [-0.39, 0.29) is 0 Å². The van der Waals surface area contributed by atoms with Crippen LogP contribution in [0.5, 0.6) is 0 Å². The summed E-state index contributed by atoms with van der Waals surface area (Å²) in [6.07, 6.45) is 8.95. The van der Waals surface area contributed by atoms with E-state index in [0.29, 0.717) is 12.1 Å². The molecule has 0 saturated carbocycles. The Balaban J connectivity index is 2.71. The van der Waals surface area contributed by atoms with Crippen LogP contribution in [0.25, 0.3) is 0 Å². The Kier molecular flexibility index (Phi) is 5.79. The maximum absolute atomic E-state index is 4.05. The summed E-state index contributed by atoms with van der Waals surface area (Å²) in [7, 11) is 0. The van der Waals surface area contributed by atoms with Gasteiger partial charge in [-0.2, -0.15) is 0 Å². The van der Waals surface area contributed by atoms with Gasteiger partial charge >= 0.3 is 0 Å². The quantitative estimate of drug-likeness (QED) is 0.709. The van der Waals surface area contributed by atoms with Crippen molar-refractivity contribution in [2.24, 2.45) is 0 Å². The van der Waals surface area contributed by atoms with E-state index in [1.54, 1.807) is 0 Å². The van der Waals surface area contributed by atoms with Crippen molar-refractivity contribution in [3.05, 3.63) is 42.7 Å². The molecule has 2 heteroatoms. The third-order valence-corrected chi connectivity index (χ3v) is 2.93. The van der Waals surface area contributed by atoms with Gasteiger partial charge in [0.15, 0.2) is 0 Å². The molecule has 0 spiro atoms. The van der Waals surface area contributed by atoms with Crippen LogP contribution in [0.15, 0.2) is 37.2 Å². The van der Waals surface area contributed by atoms with Crippen LogP contribution < -0.4 is 5.32 Å². The largest absolute Gasteiger partial charge is 0.307 e. The number of pyridine rings is 1. The molecule has 1 heterocycles. The maximum atomic E-state index is 4.05. The zero-order valence-corrected chi connectivity index (χ0v) is 10.3. The molecule has 2 nitrogen and oxygen atoms in total. The van der Waals surface area contributed by atoms with Crippen LogP contribution in [0.2, 0.25) is 0 Å². The Bertz CT molecular complexity index is 291. The topological polar surface area (TPSA) is 24.9 Å². The van der Waals surface area contributed by atoms with Crippen molar-refractivity contribution in [2.75, 3.05) is 0 Å². The average Bonchev–Trinajstić information content (AvgIpc) is 2.35. The van der Waals surface area contributed by atoms with Gasteiger partial charge in [0.2, 0.25) is 0 Å². The van der Waals surface area contributed by atoms with Gasteiger partial charge < -0.3 is 5.32 Å². The number of rotatable bonds is 7. The molecule has 0 bridgehead atoms. The van der Waals surface area contributed by atoms with Gasteiger partial charge in [0.1, 0.15) is 0 Å². The first-order valence-corrected chi connectivity index (χ1v) is 6.08. The first kappa shape index (κ1) is 12.9. The van der Waals surface area contributed by atoms with Crippen molar-refractivity contribution in [2.45, 2.75) is 45.2 Å². The van der Waals surface area contributed by atoms with Crippen molar-refractivity contribution in [3.8, 4) is 0 Å². The lowest BCUT2D eigenvalue weighted by Crippen LogP contribution is -2.31. The standard InChI is InChI=1S/C14H22N2/c1-4-7-14(16-13(5-2)6-3)12-8-10-15-11-9-12/h4,8-11,13-14,16H,1,5-7H2,2-3H3. The van der Waals surface area contributed by atoms with Crippen LogP contribution in [0.4, 0.5) is 0 Å². The number of hydrogen-bond donors (Lipinski definition) is 1. The second-order valence-electron chi connectivity index (χ2n) is 4.04. The normalized spacial score (nSPS) is 12.7. The molecule has 88 valence electrons. The average molecular weight is 218 g/mol. The Hall–Kier alpha value is -1.15. The second-order valence-corrected chi connectivity index (χ2v) is 4.04.